The van der Waals surface area contributed by atoms with Gasteiger partial charge in [0.05, 0.1) is 5.92 Å². The summed E-state index contributed by atoms with van der Waals surface area (Å²) in [5, 5.41) is 14.6. The molecule has 0 bridgehead atoms. The van der Waals surface area contributed by atoms with Crippen LogP contribution in [0.2, 0.25) is 0 Å². The predicted octanol–water partition coefficient (Wildman–Crippen LogP) is 1.38. The highest BCUT2D eigenvalue weighted by Gasteiger charge is 2.29. The maximum atomic E-state index is 12.1. The first-order valence-electron chi connectivity index (χ1n) is 6.32. The number of hydrogen-bond acceptors (Lipinski definition) is 4. The summed E-state index contributed by atoms with van der Waals surface area (Å²) in [6.07, 6.45) is 0. The van der Waals surface area contributed by atoms with Crippen LogP contribution in [0.4, 0.5) is 5.69 Å². The quantitative estimate of drug-likeness (QED) is 0.856. The van der Waals surface area contributed by atoms with Crippen molar-refractivity contribution in [3.05, 3.63) is 24.3 Å². The van der Waals surface area contributed by atoms with Crippen molar-refractivity contribution >= 4 is 11.6 Å². The third-order valence-electron chi connectivity index (χ3n) is 3.26. The molecule has 1 heterocycles. The molecular formula is C14H17N3O2. The van der Waals surface area contributed by atoms with E-state index in [1.165, 1.54) is 0 Å². The lowest BCUT2D eigenvalue weighted by atomic mass is 9.97. The van der Waals surface area contributed by atoms with Gasteiger partial charge in [-0.05, 0) is 24.6 Å². The molecule has 0 spiro atoms. The molecule has 0 saturated carbocycles. The van der Waals surface area contributed by atoms with E-state index in [2.05, 4.69) is 17.6 Å². The summed E-state index contributed by atoms with van der Waals surface area (Å²) < 4.78 is 5.20. The second-order valence-electron chi connectivity index (χ2n) is 4.71. The van der Waals surface area contributed by atoms with Crippen LogP contribution in [-0.4, -0.2) is 25.6 Å². The third kappa shape index (κ3) is 3.46. The molecule has 1 aliphatic rings. The Kier molecular flexibility index (Phi) is 4.37. The molecular weight excluding hydrogens is 242 g/mol. The average Bonchev–Trinajstić information content (AvgIpc) is 2.83. The summed E-state index contributed by atoms with van der Waals surface area (Å²) in [5.41, 5.74) is 0.694. The zero-order valence-corrected chi connectivity index (χ0v) is 10.8. The lowest BCUT2D eigenvalue weighted by Crippen LogP contribution is -2.27. The summed E-state index contributed by atoms with van der Waals surface area (Å²) in [4.78, 5) is 12.1. The molecule has 1 aromatic carbocycles. The number of nitrogens with one attached hydrogen (secondary N) is 2. The van der Waals surface area contributed by atoms with Gasteiger partial charge in [-0.2, -0.15) is 5.26 Å². The topological polar surface area (TPSA) is 74.2 Å². The maximum Gasteiger partial charge on any atom is 0.229 e. The first-order chi connectivity index (χ1) is 9.20. The van der Waals surface area contributed by atoms with E-state index in [1.807, 2.05) is 12.1 Å². The van der Waals surface area contributed by atoms with E-state index in [0.29, 0.717) is 17.4 Å². The fraction of sp³-hybridized carbons (Fsp3) is 0.429. The minimum absolute atomic E-state index is 0.000971. The molecule has 5 heteroatoms. The highest BCUT2D eigenvalue weighted by atomic mass is 16.5. The molecule has 2 atom stereocenters. The molecule has 1 aliphatic heterocycles. The number of carbonyl (C=O) groups is 1. The Morgan fingerprint density at radius 1 is 1.58 bits per heavy atom. The van der Waals surface area contributed by atoms with Gasteiger partial charge < -0.3 is 15.4 Å². The van der Waals surface area contributed by atoms with E-state index >= 15 is 0 Å². The normalized spacial score (nSPS) is 21.7. The van der Waals surface area contributed by atoms with E-state index < -0.39 is 0 Å². The Balaban J connectivity index is 1.98. The molecule has 0 aliphatic carbocycles. The zero-order chi connectivity index (χ0) is 13.7. The van der Waals surface area contributed by atoms with Crippen LogP contribution in [0.15, 0.2) is 24.3 Å². The number of ether oxygens (including phenoxy) is 1. The second kappa shape index (κ2) is 6.21. The summed E-state index contributed by atoms with van der Waals surface area (Å²) in [6.45, 7) is 3.67. The number of hydrogen-bond donors (Lipinski definition) is 2. The molecule has 2 N–H and O–H groups in total. The van der Waals surface area contributed by atoms with Gasteiger partial charge in [0, 0.05) is 18.3 Å². The molecule has 19 heavy (non-hydrogen) atoms. The van der Waals surface area contributed by atoms with Crippen molar-refractivity contribution in [1.82, 2.24) is 5.32 Å². The molecule has 0 aromatic heterocycles. The van der Waals surface area contributed by atoms with Crippen LogP contribution in [0.3, 0.4) is 0 Å². The van der Waals surface area contributed by atoms with Crippen LogP contribution < -0.4 is 15.4 Å². The number of anilines is 1. The van der Waals surface area contributed by atoms with Gasteiger partial charge in [0.15, 0.2) is 6.61 Å². The van der Waals surface area contributed by atoms with Gasteiger partial charge in [-0.1, -0.05) is 13.0 Å². The fourth-order valence-corrected chi connectivity index (χ4v) is 2.18. The Bertz CT molecular complexity index is 496. The van der Waals surface area contributed by atoms with Crippen molar-refractivity contribution in [1.29, 1.82) is 5.26 Å². The van der Waals surface area contributed by atoms with Gasteiger partial charge in [0.1, 0.15) is 11.8 Å². The summed E-state index contributed by atoms with van der Waals surface area (Å²) in [6, 6.07) is 8.99. The van der Waals surface area contributed by atoms with Crippen LogP contribution in [0.5, 0.6) is 5.75 Å². The highest BCUT2D eigenvalue weighted by Crippen LogP contribution is 2.21. The van der Waals surface area contributed by atoms with Crippen LogP contribution in [0.25, 0.3) is 0 Å². The van der Waals surface area contributed by atoms with Gasteiger partial charge in [-0.25, -0.2) is 0 Å². The molecule has 1 aromatic rings. The van der Waals surface area contributed by atoms with Crippen LogP contribution in [0, 0.1) is 23.2 Å². The van der Waals surface area contributed by atoms with Gasteiger partial charge in [0.2, 0.25) is 5.91 Å². The summed E-state index contributed by atoms with van der Waals surface area (Å²) in [5.74, 6) is 0.952. The monoisotopic (exact) mass is 259 g/mol. The number of amides is 1. The van der Waals surface area contributed by atoms with E-state index in [-0.39, 0.29) is 18.4 Å². The van der Waals surface area contributed by atoms with Crippen molar-refractivity contribution in [2.45, 2.75) is 6.92 Å². The number of benzene rings is 1. The number of nitriles is 1. The fourth-order valence-electron chi connectivity index (χ4n) is 2.18. The molecule has 1 fully saturated rings. The molecule has 2 rings (SSSR count). The van der Waals surface area contributed by atoms with Gasteiger partial charge in [-0.3, -0.25) is 4.79 Å². The molecule has 2 unspecified atom stereocenters. The van der Waals surface area contributed by atoms with Crippen molar-refractivity contribution in [2.24, 2.45) is 11.8 Å². The number of rotatable bonds is 4. The van der Waals surface area contributed by atoms with Crippen LogP contribution in [-0.2, 0) is 4.79 Å². The van der Waals surface area contributed by atoms with Gasteiger partial charge >= 0.3 is 0 Å². The lowest BCUT2D eigenvalue weighted by Gasteiger charge is -2.14. The van der Waals surface area contributed by atoms with E-state index in [4.69, 9.17) is 10.00 Å². The van der Waals surface area contributed by atoms with Crippen molar-refractivity contribution in [2.75, 3.05) is 25.0 Å². The molecule has 100 valence electrons. The second-order valence-corrected chi connectivity index (χ2v) is 4.71. The minimum Gasteiger partial charge on any atom is -0.479 e. The summed E-state index contributed by atoms with van der Waals surface area (Å²) >= 11 is 0. The lowest BCUT2D eigenvalue weighted by molar-refractivity contribution is -0.120. The van der Waals surface area contributed by atoms with Crippen molar-refractivity contribution < 1.29 is 9.53 Å². The number of nitrogens with zero attached hydrogens (tertiary/aromatic N) is 1. The Morgan fingerprint density at radius 2 is 2.42 bits per heavy atom. The number of carbonyl (C=O) groups excluding carboxylic acids is 1. The standard InChI is InChI=1S/C14H17N3O2/c1-10-8-16-9-13(10)14(18)17-11-3-2-4-12(7-11)19-6-5-15/h2-4,7,10,13,16H,6,8-9H2,1H3,(H,17,18). The molecule has 0 radical (unpaired) electrons. The van der Waals surface area contributed by atoms with E-state index in [9.17, 15) is 4.79 Å². The van der Waals surface area contributed by atoms with E-state index in [1.54, 1.807) is 18.2 Å². The SMILES string of the molecule is CC1CNCC1C(=O)Nc1cccc(OCC#N)c1. The maximum absolute atomic E-state index is 12.1. The van der Waals surface area contributed by atoms with Crippen LogP contribution >= 0.6 is 0 Å². The zero-order valence-electron chi connectivity index (χ0n) is 10.8. The Morgan fingerprint density at radius 3 is 3.11 bits per heavy atom. The largest absolute Gasteiger partial charge is 0.479 e. The van der Waals surface area contributed by atoms with E-state index in [0.717, 1.165) is 13.1 Å². The van der Waals surface area contributed by atoms with Gasteiger partial charge in [0.25, 0.3) is 0 Å². The highest BCUT2D eigenvalue weighted by molar-refractivity contribution is 5.93. The third-order valence-corrected chi connectivity index (χ3v) is 3.26. The van der Waals surface area contributed by atoms with Crippen molar-refractivity contribution in [3.63, 3.8) is 0 Å². The molecule has 1 amide bonds. The average molecular weight is 259 g/mol. The smallest absolute Gasteiger partial charge is 0.229 e. The van der Waals surface area contributed by atoms with Gasteiger partial charge in [-0.15, -0.1) is 0 Å². The summed E-state index contributed by atoms with van der Waals surface area (Å²) in [7, 11) is 0. The molecule has 1 saturated heterocycles. The predicted molar refractivity (Wildman–Crippen MR) is 71.7 cm³/mol. The molecule has 5 nitrogen and oxygen atoms in total. The Labute approximate surface area is 112 Å². The van der Waals surface area contributed by atoms with Crippen LogP contribution in [0.1, 0.15) is 6.92 Å². The first-order valence-corrected chi connectivity index (χ1v) is 6.32. The minimum atomic E-state index is 0.000971. The Hall–Kier alpha value is -2.06. The first kappa shape index (κ1) is 13.4. The van der Waals surface area contributed by atoms with Crippen molar-refractivity contribution in [3.8, 4) is 11.8 Å².